The molecule has 1 fully saturated rings. The van der Waals surface area contributed by atoms with Gasteiger partial charge in [0, 0.05) is 37.4 Å². The van der Waals surface area contributed by atoms with Crippen LogP contribution in [0.15, 0.2) is 66.7 Å². The van der Waals surface area contributed by atoms with Gasteiger partial charge in [0.15, 0.2) is 0 Å². The van der Waals surface area contributed by atoms with E-state index in [-0.39, 0.29) is 11.1 Å². The van der Waals surface area contributed by atoms with Crippen LogP contribution in [0.5, 0.6) is 0 Å². The Kier molecular flexibility index (Phi) is 8.49. The zero-order chi connectivity index (χ0) is 26.3. The molecule has 0 unspecified atom stereocenters. The Morgan fingerprint density at radius 1 is 1.03 bits per heavy atom. The topological polar surface area (TPSA) is 77.4 Å². The quantitative estimate of drug-likeness (QED) is 0.436. The van der Waals surface area contributed by atoms with E-state index in [4.69, 9.17) is 4.74 Å². The van der Waals surface area contributed by atoms with Crippen molar-refractivity contribution in [2.24, 2.45) is 0 Å². The van der Waals surface area contributed by atoms with E-state index in [0.29, 0.717) is 18.7 Å². The van der Waals surface area contributed by atoms with Crippen LogP contribution in [0.2, 0.25) is 0 Å². The van der Waals surface area contributed by atoms with E-state index in [1.54, 1.807) is 13.2 Å². The lowest BCUT2D eigenvalue weighted by Crippen LogP contribution is -2.50. The number of nitrogens with zero attached hydrogens (tertiary/aromatic N) is 2. The Bertz CT molecular complexity index is 1250. The van der Waals surface area contributed by atoms with Crippen LogP contribution in [0.4, 0.5) is 19.3 Å². The molecule has 1 aliphatic rings. The van der Waals surface area contributed by atoms with Gasteiger partial charge in [0.2, 0.25) is 0 Å². The second-order valence-electron chi connectivity index (χ2n) is 9.35. The molecule has 1 heterocycles. The minimum absolute atomic E-state index is 0.0578. The van der Waals surface area contributed by atoms with Gasteiger partial charge in [-0.2, -0.15) is 5.26 Å². The normalized spacial score (nSPS) is 15.1. The number of benzene rings is 3. The SMILES string of the molecule is COCCN1CCC(CNC(=O)Nc2cc(F)cc(F)c2)(c2ccc(-c3cccc(C#N)c3)cc2)CC1. The number of carbonyl (C=O) groups excluding carboxylic acids is 1. The number of amides is 2. The standard InChI is InChI=1S/C29H30F2N4O2/c1-37-14-13-35-11-9-29(10-12-35,20-33-28(36)34-27-17-25(30)16-26(31)18-27)24-7-5-22(6-8-24)23-4-2-3-21(15-23)19-32/h2-8,15-18H,9-14,20H2,1H3,(H2,33,34,36). The average molecular weight is 505 g/mol. The van der Waals surface area contributed by atoms with Crippen molar-refractivity contribution in [3.8, 4) is 17.2 Å². The molecule has 0 bridgehead atoms. The zero-order valence-electron chi connectivity index (χ0n) is 20.8. The highest BCUT2D eigenvalue weighted by Crippen LogP contribution is 2.36. The summed E-state index contributed by atoms with van der Waals surface area (Å²) in [7, 11) is 1.69. The molecule has 37 heavy (non-hydrogen) atoms. The van der Waals surface area contributed by atoms with E-state index < -0.39 is 17.7 Å². The molecule has 0 aromatic heterocycles. The number of nitrogens with one attached hydrogen (secondary N) is 2. The number of hydrogen-bond donors (Lipinski definition) is 2. The summed E-state index contributed by atoms with van der Waals surface area (Å²) in [6.45, 7) is 3.59. The Balaban J connectivity index is 1.51. The third-order valence-electron chi connectivity index (χ3n) is 6.95. The molecular formula is C29H30F2N4O2. The van der Waals surface area contributed by atoms with Gasteiger partial charge in [-0.15, -0.1) is 0 Å². The first-order chi connectivity index (χ1) is 17.9. The Morgan fingerprint density at radius 2 is 1.73 bits per heavy atom. The van der Waals surface area contributed by atoms with Gasteiger partial charge in [-0.25, -0.2) is 13.6 Å². The molecule has 0 radical (unpaired) electrons. The lowest BCUT2D eigenvalue weighted by molar-refractivity contribution is 0.109. The van der Waals surface area contributed by atoms with Crippen LogP contribution >= 0.6 is 0 Å². The van der Waals surface area contributed by atoms with Gasteiger partial charge >= 0.3 is 6.03 Å². The highest BCUT2D eigenvalue weighted by molar-refractivity contribution is 5.89. The van der Waals surface area contributed by atoms with E-state index in [2.05, 4.69) is 33.7 Å². The predicted octanol–water partition coefficient (Wildman–Crippen LogP) is 5.31. The Labute approximate surface area is 215 Å². The molecule has 8 heteroatoms. The van der Waals surface area contributed by atoms with Crippen LogP contribution < -0.4 is 10.6 Å². The Morgan fingerprint density at radius 3 is 2.38 bits per heavy atom. The summed E-state index contributed by atoms with van der Waals surface area (Å²) in [5.41, 5.74) is 3.44. The van der Waals surface area contributed by atoms with Crippen LogP contribution in [-0.2, 0) is 10.2 Å². The number of urea groups is 1. The number of rotatable bonds is 8. The molecule has 0 aliphatic carbocycles. The third-order valence-corrected chi connectivity index (χ3v) is 6.95. The summed E-state index contributed by atoms with van der Waals surface area (Å²) in [4.78, 5) is 15.0. The lowest BCUT2D eigenvalue weighted by Gasteiger charge is -2.42. The van der Waals surface area contributed by atoms with E-state index >= 15 is 0 Å². The second-order valence-corrected chi connectivity index (χ2v) is 9.35. The van der Waals surface area contributed by atoms with Crippen LogP contribution in [0, 0.1) is 23.0 Å². The van der Waals surface area contributed by atoms with Crippen LogP contribution in [0.3, 0.4) is 0 Å². The van der Waals surface area contributed by atoms with Gasteiger partial charge in [-0.3, -0.25) is 0 Å². The van der Waals surface area contributed by atoms with Crippen molar-refractivity contribution in [1.82, 2.24) is 10.2 Å². The van der Waals surface area contributed by atoms with E-state index in [0.717, 1.165) is 67.4 Å². The van der Waals surface area contributed by atoms with Gasteiger partial charge < -0.3 is 20.3 Å². The van der Waals surface area contributed by atoms with Gasteiger partial charge in [-0.1, -0.05) is 36.4 Å². The Hall–Kier alpha value is -3.80. The molecule has 0 spiro atoms. The van der Waals surface area contributed by atoms with Crippen molar-refractivity contribution in [2.75, 3.05) is 45.2 Å². The number of halogens is 2. The predicted molar refractivity (Wildman–Crippen MR) is 139 cm³/mol. The highest BCUT2D eigenvalue weighted by Gasteiger charge is 2.36. The zero-order valence-corrected chi connectivity index (χ0v) is 20.8. The van der Waals surface area contributed by atoms with Gasteiger partial charge in [0.25, 0.3) is 0 Å². The lowest BCUT2D eigenvalue weighted by atomic mass is 9.72. The molecule has 0 atom stereocenters. The van der Waals surface area contributed by atoms with E-state index in [1.165, 1.54) is 0 Å². The fourth-order valence-electron chi connectivity index (χ4n) is 4.83. The molecule has 2 N–H and O–H groups in total. The fourth-order valence-corrected chi connectivity index (χ4v) is 4.83. The summed E-state index contributed by atoms with van der Waals surface area (Å²) in [5, 5.41) is 14.7. The second kappa shape index (κ2) is 12.0. The minimum Gasteiger partial charge on any atom is -0.383 e. The highest BCUT2D eigenvalue weighted by atomic mass is 19.1. The maximum atomic E-state index is 13.5. The molecule has 3 aromatic rings. The first kappa shape index (κ1) is 26.3. The smallest absolute Gasteiger partial charge is 0.319 e. The average Bonchev–Trinajstić information content (AvgIpc) is 2.91. The molecule has 192 valence electrons. The molecular weight excluding hydrogens is 474 g/mol. The van der Waals surface area contributed by atoms with Crippen LogP contribution in [-0.4, -0.2) is 50.8 Å². The molecule has 4 rings (SSSR count). The number of anilines is 1. The summed E-state index contributed by atoms with van der Waals surface area (Å²) in [6.07, 6.45) is 1.66. The van der Waals surface area contributed by atoms with Gasteiger partial charge in [0.1, 0.15) is 11.6 Å². The first-order valence-electron chi connectivity index (χ1n) is 12.2. The number of methoxy groups -OCH3 is 1. The third kappa shape index (κ3) is 6.70. The van der Waals surface area contributed by atoms with Gasteiger partial charge in [-0.05, 0) is 66.9 Å². The van der Waals surface area contributed by atoms with Crippen molar-refractivity contribution in [3.05, 3.63) is 89.5 Å². The molecule has 1 saturated heterocycles. The number of hydrogen-bond acceptors (Lipinski definition) is 4. The summed E-state index contributed by atoms with van der Waals surface area (Å²) >= 11 is 0. The minimum atomic E-state index is -0.754. The largest absolute Gasteiger partial charge is 0.383 e. The molecule has 1 aliphatic heterocycles. The van der Waals surface area contributed by atoms with Crippen molar-refractivity contribution in [1.29, 1.82) is 5.26 Å². The number of likely N-dealkylation sites (tertiary alicyclic amines) is 1. The number of nitriles is 1. The van der Waals surface area contributed by atoms with Crippen molar-refractivity contribution in [3.63, 3.8) is 0 Å². The number of ether oxygens (including phenoxy) is 1. The maximum absolute atomic E-state index is 13.5. The summed E-state index contributed by atoms with van der Waals surface area (Å²) in [5.74, 6) is -1.51. The molecule has 2 amide bonds. The van der Waals surface area contributed by atoms with Crippen molar-refractivity contribution >= 4 is 11.7 Å². The molecule has 6 nitrogen and oxygen atoms in total. The summed E-state index contributed by atoms with van der Waals surface area (Å²) < 4.78 is 32.3. The monoisotopic (exact) mass is 504 g/mol. The fraction of sp³-hybridized carbons (Fsp3) is 0.310. The first-order valence-corrected chi connectivity index (χ1v) is 12.2. The molecule has 3 aromatic carbocycles. The van der Waals surface area contributed by atoms with Crippen LogP contribution in [0.25, 0.3) is 11.1 Å². The van der Waals surface area contributed by atoms with Gasteiger partial charge in [0.05, 0.1) is 18.2 Å². The van der Waals surface area contributed by atoms with E-state index in [9.17, 15) is 18.8 Å². The van der Waals surface area contributed by atoms with Crippen molar-refractivity contribution in [2.45, 2.75) is 18.3 Å². The van der Waals surface area contributed by atoms with Crippen LogP contribution in [0.1, 0.15) is 24.0 Å². The number of piperidine rings is 1. The van der Waals surface area contributed by atoms with E-state index in [1.807, 2.05) is 30.3 Å². The number of carbonyl (C=O) groups is 1. The maximum Gasteiger partial charge on any atom is 0.319 e. The summed E-state index contributed by atoms with van der Waals surface area (Å²) in [6, 6.07) is 20.3. The van der Waals surface area contributed by atoms with Crippen molar-refractivity contribution < 1.29 is 18.3 Å². The molecule has 0 saturated carbocycles.